The molecule has 1 fully saturated rings. The SMILES string of the molecule is NC(=O)CN(C(=O)NCC[C@H](O)C(=O)O)C1CCCC1. The topological polar surface area (TPSA) is 133 Å². The van der Waals surface area contributed by atoms with Crippen LogP contribution in [0.5, 0.6) is 0 Å². The van der Waals surface area contributed by atoms with Gasteiger partial charge in [-0.1, -0.05) is 12.8 Å². The minimum Gasteiger partial charge on any atom is -0.479 e. The Bertz CT molecular complexity index is 368. The first kappa shape index (κ1) is 16.2. The second-order valence-corrected chi connectivity index (χ2v) is 4.91. The van der Waals surface area contributed by atoms with Crippen LogP contribution in [-0.2, 0) is 9.59 Å². The number of nitrogens with two attached hydrogens (primary N) is 1. The van der Waals surface area contributed by atoms with Gasteiger partial charge in [0.25, 0.3) is 0 Å². The van der Waals surface area contributed by atoms with Crippen molar-refractivity contribution in [3.63, 3.8) is 0 Å². The molecule has 1 aliphatic carbocycles. The summed E-state index contributed by atoms with van der Waals surface area (Å²) in [6.45, 7) is -0.133. The van der Waals surface area contributed by atoms with E-state index >= 15 is 0 Å². The number of nitrogens with one attached hydrogen (secondary N) is 1. The molecule has 1 saturated carbocycles. The number of nitrogens with zero attached hydrogens (tertiary/aromatic N) is 1. The van der Waals surface area contributed by atoms with Gasteiger partial charge >= 0.3 is 12.0 Å². The molecular formula is C12H21N3O5. The third kappa shape index (κ3) is 5.04. The molecule has 20 heavy (non-hydrogen) atoms. The average molecular weight is 287 g/mol. The number of rotatable bonds is 7. The molecule has 8 nitrogen and oxygen atoms in total. The molecule has 1 atom stereocenters. The lowest BCUT2D eigenvalue weighted by Crippen LogP contribution is -2.49. The molecule has 0 aromatic rings. The molecule has 0 bridgehead atoms. The Balaban J connectivity index is 2.46. The van der Waals surface area contributed by atoms with Crippen molar-refractivity contribution in [3.05, 3.63) is 0 Å². The van der Waals surface area contributed by atoms with Crippen molar-refractivity contribution in [3.8, 4) is 0 Å². The van der Waals surface area contributed by atoms with Crippen molar-refractivity contribution in [2.45, 2.75) is 44.2 Å². The van der Waals surface area contributed by atoms with Crippen LogP contribution in [-0.4, -0.2) is 58.3 Å². The number of aliphatic hydroxyl groups is 1. The predicted molar refractivity (Wildman–Crippen MR) is 69.8 cm³/mol. The molecule has 0 saturated heterocycles. The summed E-state index contributed by atoms with van der Waals surface area (Å²) in [5, 5.41) is 20.1. The number of aliphatic carboxylic acids is 1. The van der Waals surface area contributed by atoms with Gasteiger partial charge in [0.05, 0.1) is 0 Å². The smallest absolute Gasteiger partial charge is 0.332 e. The molecule has 114 valence electrons. The predicted octanol–water partition coefficient (Wildman–Crippen LogP) is -0.738. The van der Waals surface area contributed by atoms with Gasteiger partial charge in [-0.15, -0.1) is 0 Å². The molecule has 0 heterocycles. The van der Waals surface area contributed by atoms with Crippen molar-refractivity contribution in [1.82, 2.24) is 10.2 Å². The first-order valence-electron chi connectivity index (χ1n) is 6.65. The number of primary amides is 1. The number of hydrogen-bond donors (Lipinski definition) is 4. The van der Waals surface area contributed by atoms with Crippen LogP contribution < -0.4 is 11.1 Å². The summed E-state index contributed by atoms with van der Waals surface area (Å²) in [5.74, 6) is -1.92. The fraction of sp³-hybridized carbons (Fsp3) is 0.750. The first-order valence-corrected chi connectivity index (χ1v) is 6.65. The van der Waals surface area contributed by atoms with Gasteiger partial charge in [-0.3, -0.25) is 4.79 Å². The fourth-order valence-corrected chi connectivity index (χ4v) is 2.29. The Morgan fingerprint density at radius 2 is 1.90 bits per heavy atom. The standard InChI is InChI=1S/C12H21N3O5/c13-10(17)7-15(8-3-1-2-4-8)12(20)14-6-5-9(16)11(18)19/h8-9,16H,1-7H2,(H2,13,17)(H,14,20)(H,18,19)/t9-/m0/s1. The van der Waals surface area contributed by atoms with Crippen LogP contribution in [0.3, 0.4) is 0 Å². The molecule has 1 aliphatic rings. The van der Waals surface area contributed by atoms with Crippen LogP contribution >= 0.6 is 0 Å². The van der Waals surface area contributed by atoms with Crippen LogP contribution in [0.2, 0.25) is 0 Å². The van der Waals surface area contributed by atoms with E-state index in [-0.39, 0.29) is 25.6 Å². The van der Waals surface area contributed by atoms with E-state index in [9.17, 15) is 14.4 Å². The lowest BCUT2D eigenvalue weighted by molar-refractivity contribution is -0.146. The number of aliphatic hydroxyl groups excluding tert-OH is 1. The van der Waals surface area contributed by atoms with Crippen LogP contribution in [0.4, 0.5) is 4.79 Å². The first-order chi connectivity index (χ1) is 9.41. The molecule has 8 heteroatoms. The summed E-state index contributed by atoms with van der Waals surface area (Å²) >= 11 is 0. The number of hydrogen-bond acceptors (Lipinski definition) is 4. The van der Waals surface area contributed by atoms with Gasteiger partial charge < -0.3 is 26.2 Å². The highest BCUT2D eigenvalue weighted by Crippen LogP contribution is 2.23. The fourth-order valence-electron chi connectivity index (χ4n) is 2.29. The highest BCUT2D eigenvalue weighted by molar-refractivity contribution is 5.83. The summed E-state index contributed by atoms with van der Waals surface area (Å²) in [4.78, 5) is 34.8. The van der Waals surface area contributed by atoms with E-state index in [0.29, 0.717) is 0 Å². The maximum absolute atomic E-state index is 12.0. The Labute approximate surface area is 116 Å². The van der Waals surface area contributed by atoms with Gasteiger partial charge in [-0.2, -0.15) is 0 Å². The number of carboxylic acid groups (broad SMARTS) is 1. The van der Waals surface area contributed by atoms with Crippen LogP contribution in [0, 0.1) is 0 Å². The Hall–Kier alpha value is -1.83. The number of carbonyl (C=O) groups excluding carboxylic acids is 2. The second-order valence-electron chi connectivity index (χ2n) is 4.91. The third-order valence-corrected chi connectivity index (χ3v) is 3.33. The van der Waals surface area contributed by atoms with Gasteiger partial charge in [0.2, 0.25) is 5.91 Å². The van der Waals surface area contributed by atoms with Crippen molar-refractivity contribution in [2.24, 2.45) is 5.73 Å². The highest BCUT2D eigenvalue weighted by atomic mass is 16.4. The van der Waals surface area contributed by atoms with Crippen LogP contribution in [0.25, 0.3) is 0 Å². The van der Waals surface area contributed by atoms with Gasteiger partial charge in [-0.05, 0) is 12.8 Å². The van der Waals surface area contributed by atoms with E-state index in [1.165, 1.54) is 4.90 Å². The molecule has 0 aliphatic heterocycles. The normalized spacial score (nSPS) is 16.6. The van der Waals surface area contributed by atoms with E-state index < -0.39 is 24.0 Å². The largest absolute Gasteiger partial charge is 0.479 e. The van der Waals surface area contributed by atoms with Gasteiger partial charge in [0, 0.05) is 19.0 Å². The van der Waals surface area contributed by atoms with E-state index in [2.05, 4.69) is 5.32 Å². The van der Waals surface area contributed by atoms with Crippen LogP contribution in [0.1, 0.15) is 32.1 Å². The molecule has 0 unspecified atom stereocenters. The van der Waals surface area contributed by atoms with Crippen molar-refractivity contribution < 1.29 is 24.6 Å². The lowest BCUT2D eigenvalue weighted by atomic mass is 10.2. The number of urea groups is 1. The third-order valence-electron chi connectivity index (χ3n) is 3.33. The maximum atomic E-state index is 12.0. The molecule has 1 rings (SSSR count). The monoisotopic (exact) mass is 287 g/mol. The van der Waals surface area contributed by atoms with Gasteiger partial charge in [-0.25, -0.2) is 9.59 Å². The molecular weight excluding hydrogens is 266 g/mol. The summed E-state index contributed by atoms with van der Waals surface area (Å²) in [7, 11) is 0. The maximum Gasteiger partial charge on any atom is 0.332 e. The molecule has 0 aromatic heterocycles. The quantitative estimate of drug-likeness (QED) is 0.489. The van der Waals surface area contributed by atoms with E-state index in [1.54, 1.807) is 0 Å². The van der Waals surface area contributed by atoms with E-state index in [0.717, 1.165) is 25.7 Å². The van der Waals surface area contributed by atoms with E-state index in [4.69, 9.17) is 15.9 Å². The second kappa shape index (κ2) is 7.68. The Kier molecular flexibility index (Phi) is 6.23. The summed E-state index contributed by atoms with van der Waals surface area (Å²) in [5.41, 5.74) is 5.14. The Morgan fingerprint density at radius 1 is 1.30 bits per heavy atom. The molecule has 3 amide bonds. The summed E-state index contributed by atoms with van der Waals surface area (Å²) < 4.78 is 0. The molecule has 0 radical (unpaired) electrons. The number of carbonyl (C=O) groups is 3. The molecule has 5 N–H and O–H groups in total. The molecule has 0 spiro atoms. The zero-order valence-corrected chi connectivity index (χ0v) is 11.2. The van der Waals surface area contributed by atoms with Crippen molar-refractivity contribution in [2.75, 3.05) is 13.1 Å². The van der Waals surface area contributed by atoms with E-state index in [1.807, 2.05) is 0 Å². The summed E-state index contributed by atoms with van der Waals surface area (Å²) in [6, 6.07) is -0.458. The zero-order chi connectivity index (χ0) is 15.1. The minimum atomic E-state index is -1.51. The number of carboxylic acids is 1. The average Bonchev–Trinajstić information content (AvgIpc) is 2.88. The van der Waals surface area contributed by atoms with Crippen molar-refractivity contribution in [1.29, 1.82) is 0 Å². The van der Waals surface area contributed by atoms with Gasteiger partial charge in [0.1, 0.15) is 6.54 Å². The van der Waals surface area contributed by atoms with Crippen molar-refractivity contribution >= 4 is 17.9 Å². The van der Waals surface area contributed by atoms with Gasteiger partial charge in [0.15, 0.2) is 6.10 Å². The zero-order valence-electron chi connectivity index (χ0n) is 11.2. The number of amides is 3. The summed E-state index contributed by atoms with van der Waals surface area (Å²) in [6.07, 6.45) is 2.08. The molecule has 0 aromatic carbocycles. The Morgan fingerprint density at radius 3 is 2.40 bits per heavy atom. The lowest BCUT2D eigenvalue weighted by Gasteiger charge is -2.28. The highest BCUT2D eigenvalue weighted by Gasteiger charge is 2.27. The van der Waals surface area contributed by atoms with Crippen LogP contribution in [0.15, 0.2) is 0 Å². The minimum absolute atomic E-state index is 0.00750.